The zero-order valence-corrected chi connectivity index (χ0v) is 26.8. The highest BCUT2D eigenvalue weighted by Gasteiger charge is 2.14. The minimum atomic E-state index is -0.356. The molecule has 1 N–H and O–H groups in total. The van der Waals surface area contributed by atoms with E-state index in [9.17, 15) is 4.79 Å². The molecule has 0 aromatic heterocycles. The quantitative estimate of drug-likeness (QED) is 0.0736. The third-order valence-corrected chi connectivity index (χ3v) is 7.98. The molecule has 226 valence electrons. The van der Waals surface area contributed by atoms with E-state index >= 15 is 0 Å². The Bertz CT molecular complexity index is 1240. The molecule has 0 fully saturated rings. The van der Waals surface area contributed by atoms with Crippen molar-refractivity contribution in [3.05, 3.63) is 102 Å². The predicted octanol–water partition coefficient (Wildman–Crippen LogP) is 8.65. The van der Waals surface area contributed by atoms with Gasteiger partial charge in [-0.15, -0.1) is 11.8 Å². The summed E-state index contributed by atoms with van der Waals surface area (Å²) in [6, 6.07) is 25.7. The summed E-state index contributed by atoms with van der Waals surface area (Å²) in [6.45, 7) is 17.4. The molecule has 6 heteroatoms. The van der Waals surface area contributed by atoms with Gasteiger partial charge < -0.3 is 19.5 Å². The van der Waals surface area contributed by atoms with Crippen LogP contribution in [0.1, 0.15) is 70.1 Å². The van der Waals surface area contributed by atoms with E-state index in [0.29, 0.717) is 37.2 Å². The van der Waals surface area contributed by atoms with Gasteiger partial charge in [-0.2, -0.15) is 0 Å². The Morgan fingerprint density at radius 2 is 1.52 bits per heavy atom. The fourth-order valence-corrected chi connectivity index (χ4v) is 5.31. The van der Waals surface area contributed by atoms with Crippen LogP contribution in [0.2, 0.25) is 0 Å². The number of esters is 1. The maximum absolute atomic E-state index is 11.5. The van der Waals surface area contributed by atoms with Gasteiger partial charge in [0, 0.05) is 28.5 Å². The van der Waals surface area contributed by atoms with Crippen molar-refractivity contribution < 1.29 is 19.0 Å². The van der Waals surface area contributed by atoms with Crippen LogP contribution in [0.5, 0.6) is 5.75 Å². The Morgan fingerprint density at radius 1 is 0.881 bits per heavy atom. The maximum atomic E-state index is 11.5. The third kappa shape index (κ3) is 11.6. The molecular weight excluding hydrogens is 542 g/mol. The number of anilines is 1. The van der Waals surface area contributed by atoms with Crippen molar-refractivity contribution in [2.45, 2.75) is 76.9 Å². The number of nitrogens with one attached hydrogen (secondary N) is 1. The first-order valence-electron chi connectivity index (χ1n) is 14.9. The second-order valence-corrected chi connectivity index (χ2v) is 12.5. The highest BCUT2D eigenvalue weighted by Crippen LogP contribution is 2.26. The van der Waals surface area contributed by atoms with Gasteiger partial charge in [-0.25, -0.2) is 4.79 Å². The minimum Gasteiger partial charge on any atom is -0.491 e. The molecule has 2 unspecified atom stereocenters. The number of hydrogen-bond donors (Lipinski definition) is 1. The van der Waals surface area contributed by atoms with Gasteiger partial charge in [0.05, 0.1) is 6.10 Å². The molecule has 5 nitrogen and oxygen atoms in total. The van der Waals surface area contributed by atoms with Gasteiger partial charge in [-0.3, -0.25) is 0 Å². The van der Waals surface area contributed by atoms with E-state index in [1.165, 1.54) is 21.6 Å². The van der Waals surface area contributed by atoms with Gasteiger partial charge in [-0.1, -0.05) is 63.7 Å². The van der Waals surface area contributed by atoms with Crippen LogP contribution in [0.25, 0.3) is 0 Å². The first-order valence-corrected chi connectivity index (χ1v) is 15.9. The van der Waals surface area contributed by atoms with E-state index in [0.717, 1.165) is 23.6 Å². The zero-order valence-electron chi connectivity index (χ0n) is 26.0. The van der Waals surface area contributed by atoms with Crippen molar-refractivity contribution >= 4 is 23.4 Å². The molecule has 0 aliphatic rings. The van der Waals surface area contributed by atoms with E-state index in [4.69, 9.17) is 14.2 Å². The van der Waals surface area contributed by atoms with Crippen LogP contribution in [0.3, 0.4) is 0 Å². The van der Waals surface area contributed by atoms with E-state index in [2.05, 4.69) is 107 Å². The Labute approximate surface area is 257 Å². The van der Waals surface area contributed by atoms with Crippen LogP contribution in [-0.2, 0) is 20.7 Å². The lowest BCUT2D eigenvalue weighted by Crippen LogP contribution is -2.27. The SMILES string of the molecule is C=C(C)C(=O)OCCNc1ccc(C(C)Cc2ccc(SCC(COc3ccc(C(C)C)cc3)OC(C)C)cc2)cc1. The van der Waals surface area contributed by atoms with Crippen LogP contribution in [0.4, 0.5) is 5.69 Å². The molecule has 0 heterocycles. The molecule has 3 rings (SSSR count). The monoisotopic (exact) mass is 589 g/mol. The summed E-state index contributed by atoms with van der Waals surface area (Å²) in [7, 11) is 0. The fourth-order valence-electron chi connectivity index (χ4n) is 4.42. The van der Waals surface area contributed by atoms with Crippen molar-refractivity contribution in [2.24, 2.45) is 0 Å². The fraction of sp³-hybridized carbons (Fsp3) is 0.417. The topological polar surface area (TPSA) is 56.8 Å². The summed E-state index contributed by atoms with van der Waals surface area (Å²) in [5, 5.41) is 3.29. The van der Waals surface area contributed by atoms with Crippen LogP contribution in [0.15, 0.2) is 89.8 Å². The Balaban J connectivity index is 1.45. The van der Waals surface area contributed by atoms with Crippen molar-refractivity contribution in [3.8, 4) is 5.75 Å². The summed E-state index contributed by atoms with van der Waals surface area (Å²) in [4.78, 5) is 12.7. The summed E-state index contributed by atoms with van der Waals surface area (Å²) >= 11 is 1.80. The van der Waals surface area contributed by atoms with Gasteiger partial charge in [0.2, 0.25) is 0 Å². The van der Waals surface area contributed by atoms with Gasteiger partial charge >= 0.3 is 5.97 Å². The first kappa shape index (κ1) is 33.3. The second-order valence-electron chi connectivity index (χ2n) is 11.4. The van der Waals surface area contributed by atoms with E-state index in [1.807, 2.05) is 12.1 Å². The molecule has 0 radical (unpaired) electrons. The van der Waals surface area contributed by atoms with Crippen molar-refractivity contribution in [2.75, 3.05) is 30.8 Å². The van der Waals surface area contributed by atoms with E-state index in [1.54, 1.807) is 18.7 Å². The lowest BCUT2D eigenvalue weighted by Gasteiger charge is -2.21. The lowest BCUT2D eigenvalue weighted by molar-refractivity contribution is -0.138. The average Bonchev–Trinajstić information content (AvgIpc) is 2.97. The highest BCUT2D eigenvalue weighted by atomic mass is 32.2. The summed E-state index contributed by atoms with van der Waals surface area (Å²) in [6.07, 6.45) is 1.11. The molecule has 0 bridgehead atoms. The molecular formula is C36H47NO4S. The zero-order chi connectivity index (χ0) is 30.5. The molecule has 0 aliphatic heterocycles. The highest BCUT2D eigenvalue weighted by molar-refractivity contribution is 7.99. The first-order chi connectivity index (χ1) is 20.1. The standard InChI is InChI=1S/C36H47NO4S/c1-25(2)30-12-16-33(17-13-30)40-23-34(41-27(5)6)24-42-35-18-8-29(9-19-35)22-28(7)31-10-14-32(15-11-31)37-20-21-39-36(38)26(3)4/h8-19,25,27-28,34,37H,3,20-24H2,1-2,4-7H3. The van der Waals surface area contributed by atoms with Crippen molar-refractivity contribution in [1.82, 2.24) is 0 Å². The number of thioether (sulfide) groups is 1. The number of hydrogen-bond acceptors (Lipinski definition) is 6. The van der Waals surface area contributed by atoms with Gasteiger partial charge in [0.15, 0.2) is 0 Å². The van der Waals surface area contributed by atoms with Gasteiger partial charge in [-0.05, 0) is 92.1 Å². The molecule has 3 aromatic rings. The number of benzene rings is 3. The molecule has 0 aliphatic carbocycles. The number of carbonyl (C=O) groups excluding carboxylic acids is 1. The summed E-state index contributed by atoms with van der Waals surface area (Å²) < 4.78 is 17.4. The van der Waals surface area contributed by atoms with Crippen LogP contribution in [0, 0.1) is 0 Å². The maximum Gasteiger partial charge on any atom is 0.333 e. The largest absolute Gasteiger partial charge is 0.491 e. The van der Waals surface area contributed by atoms with Crippen molar-refractivity contribution in [1.29, 1.82) is 0 Å². The van der Waals surface area contributed by atoms with Crippen LogP contribution < -0.4 is 10.1 Å². The van der Waals surface area contributed by atoms with Crippen LogP contribution in [-0.4, -0.2) is 43.7 Å². The molecule has 42 heavy (non-hydrogen) atoms. The number of rotatable bonds is 17. The molecule has 0 saturated carbocycles. The Kier molecular flexibility index (Phi) is 13.5. The molecule has 2 atom stereocenters. The van der Waals surface area contributed by atoms with Gasteiger partial charge in [0.1, 0.15) is 25.1 Å². The smallest absolute Gasteiger partial charge is 0.333 e. The van der Waals surface area contributed by atoms with Crippen molar-refractivity contribution in [3.63, 3.8) is 0 Å². The summed E-state index contributed by atoms with van der Waals surface area (Å²) in [5.41, 5.74) is 5.34. The Morgan fingerprint density at radius 3 is 2.12 bits per heavy atom. The molecule has 3 aromatic carbocycles. The predicted molar refractivity (Wildman–Crippen MR) is 176 cm³/mol. The number of ether oxygens (including phenoxy) is 3. The second kappa shape index (κ2) is 17.0. The lowest BCUT2D eigenvalue weighted by atomic mass is 9.94. The minimum absolute atomic E-state index is 0.00305. The Hall–Kier alpha value is -3.22. The molecule has 0 saturated heterocycles. The van der Waals surface area contributed by atoms with E-state index < -0.39 is 0 Å². The molecule has 0 amide bonds. The third-order valence-electron chi connectivity index (χ3n) is 6.84. The van der Waals surface area contributed by atoms with Gasteiger partial charge in [0.25, 0.3) is 0 Å². The van der Waals surface area contributed by atoms with Crippen LogP contribution >= 0.6 is 11.8 Å². The summed E-state index contributed by atoms with van der Waals surface area (Å²) in [5.74, 6) is 2.26. The average molecular weight is 590 g/mol. The molecule has 0 spiro atoms. The van der Waals surface area contributed by atoms with E-state index in [-0.39, 0.29) is 18.2 Å². The normalized spacial score (nSPS) is 12.7. The number of carbonyl (C=O) groups is 1.